The first-order chi connectivity index (χ1) is 13.3. The van der Waals surface area contributed by atoms with Crippen LogP contribution in [0.5, 0.6) is 5.75 Å². The molecule has 0 saturated carbocycles. The zero-order valence-electron chi connectivity index (χ0n) is 15.8. The first-order valence-corrected chi connectivity index (χ1v) is 10.8. The van der Waals surface area contributed by atoms with Crippen molar-refractivity contribution >= 4 is 33.2 Å². The number of nitrogens with zero attached hydrogens (tertiary/aromatic N) is 1. The molecule has 0 aromatic heterocycles. The maximum atomic E-state index is 12.9. The summed E-state index contributed by atoms with van der Waals surface area (Å²) in [7, 11) is -2.19. The minimum Gasteiger partial charge on any atom is -0.495 e. The summed E-state index contributed by atoms with van der Waals surface area (Å²) in [6.07, 6.45) is 0.946. The molecule has 28 heavy (non-hydrogen) atoms. The summed E-state index contributed by atoms with van der Waals surface area (Å²) in [5.41, 5.74) is 1.82. The fraction of sp³-hybridized carbons (Fsp3) is 0.350. The maximum absolute atomic E-state index is 12.9. The quantitative estimate of drug-likeness (QED) is 0.797. The Labute approximate surface area is 170 Å². The van der Waals surface area contributed by atoms with Gasteiger partial charge in [0, 0.05) is 24.7 Å². The Kier molecular flexibility index (Phi) is 6.27. The Morgan fingerprint density at radius 3 is 2.50 bits per heavy atom. The average Bonchev–Trinajstić information content (AvgIpc) is 2.68. The van der Waals surface area contributed by atoms with Crippen LogP contribution in [0.25, 0.3) is 0 Å². The van der Waals surface area contributed by atoms with Gasteiger partial charge in [0.2, 0.25) is 15.9 Å². The van der Waals surface area contributed by atoms with Crippen molar-refractivity contribution < 1.29 is 17.9 Å². The van der Waals surface area contributed by atoms with Crippen LogP contribution in [0.1, 0.15) is 18.4 Å². The molecule has 1 aliphatic rings. The maximum Gasteiger partial charge on any atom is 0.243 e. The number of nitrogens with one attached hydrogen (secondary N) is 1. The number of aryl methyl sites for hydroxylation is 1. The van der Waals surface area contributed by atoms with E-state index in [9.17, 15) is 13.2 Å². The molecule has 1 amide bonds. The van der Waals surface area contributed by atoms with Crippen molar-refractivity contribution in [2.24, 2.45) is 5.92 Å². The van der Waals surface area contributed by atoms with Gasteiger partial charge < -0.3 is 10.1 Å². The molecule has 1 aliphatic heterocycles. The molecule has 0 bridgehead atoms. The highest BCUT2D eigenvalue weighted by molar-refractivity contribution is 7.89. The fourth-order valence-corrected chi connectivity index (χ4v) is 5.10. The largest absolute Gasteiger partial charge is 0.495 e. The van der Waals surface area contributed by atoms with Gasteiger partial charge in [-0.3, -0.25) is 4.79 Å². The number of amides is 1. The van der Waals surface area contributed by atoms with Crippen molar-refractivity contribution in [2.45, 2.75) is 24.7 Å². The van der Waals surface area contributed by atoms with Gasteiger partial charge in [0.25, 0.3) is 0 Å². The van der Waals surface area contributed by atoms with Gasteiger partial charge in [-0.05, 0) is 55.7 Å². The summed E-state index contributed by atoms with van der Waals surface area (Å²) in [5.74, 6) is 0.133. The van der Waals surface area contributed by atoms with E-state index < -0.39 is 10.0 Å². The van der Waals surface area contributed by atoms with Crippen LogP contribution in [0.2, 0.25) is 5.02 Å². The van der Waals surface area contributed by atoms with Gasteiger partial charge in [-0.25, -0.2) is 8.42 Å². The number of piperidine rings is 1. The summed E-state index contributed by atoms with van der Waals surface area (Å²) in [6.45, 7) is 2.54. The number of hydrogen-bond acceptors (Lipinski definition) is 4. The van der Waals surface area contributed by atoms with E-state index >= 15 is 0 Å². The van der Waals surface area contributed by atoms with Crippen LogP contribution in [0.4, 0.5) is 5.69 Å². The van der Waals surface area contributed by atoms with E-state index in [4.69, 9.17) is 16.3 Å². The Morgan fingerprint density at radius 2 is 1.89 bits per heavy atom. The van der Waals surface area contributed by atoms with Gasteiger partial charge in [-0.2, -0.15) is 4.31 Å². The van der Waals surface area contributed by atoms with Crippen LogP contribution in [-0.4, -0.2) is 38.8 Å². The third kappa shape index (κ3) is 4.48. The first-order valence-electron chi connectivity index (χ1n) is 9.02. The minimum atomic E-state index is -3.66. The zero-order chi connectivity index (χ0) is 20.3. The average molecular weight is 423 g/mol. The summed E-state index contributed by atoms with van der Waals surface area (Å²) in [5, 5.41) is 3.17. The molecule has 3 rings (SSSR count). The van der Waals surface area contributed by atoms with Crippen molar-refractivity contribution in [3.05, 3.63) is 53.1 Å². The Hall–Kier alpha value is -2.09. The lowest BCUT2D eigenvalue weighted by Crippen LogP contribution is -2.41. The lowest BCUT2D eigenvalue weighted by molar-refractivity contribution is -0.120. The number of ether oxygens (including phenoxy) is 1. The number of benzene rings is 2. The van der Waals surface area contributed by atoms with Gasteiger partial charge in [0.1, 0.15) is 5.75 Å². The number of carbonyl (C=O) groups is 1. The van der Waals surface area contributed by atoms with Crippen molar-refractivity contribution in [1.29, 1.82) is 0 Å². The van der Waals surface area contributed by atoms with Crippen LogP contribution in [0, 0.1) is 12.8 Å². The molecule has 0 aliphatic carbocycles. The number of sulfonamides is 1. The van der Waals surface area contributed by atoms with E-state index in [1.807, 2.05) is 31.2 Å². The van der Waals surface area contributed by atoms with Gasteiger partial charge in [-0.1, -0.05) is 23.7 Å². The lowest BCUT2D eigenvalue weighted by atomic mass is 9.97. The fourth-order valence-electron chi connectivity index (χ4n) is 3.28. The van der Waals surface area contributed by atoms with Crippen molar-refractivity contribution in [2.75, 3.05) is 25.5 Å². The van der Waals surface area contributed by atoms with Crippen LogP contribution >= 0.6 is 11.6 Å². The Bertz CT molecular complexity index is 970. The molecular formula is C20H23ClN2O4S. The van der Waals surface area contributed by atoms with Gasteiger partial charge in [0.05, 0.1) is 17.0 Å². The van der Waals surface area contributed by atoms with Crippen LogP contribution in [0.15, 0.2) is 47.4 Å². The van der Waals surface area contributed by atoms with E-state index in [2.05, 4.69) is 5.32 Å². The van der Waals surface area contributed by atoms with Gasteiger partial charge in [-0.15, -0.1) is 0 Å². The molecule has 8 heteroatoms. The third-order valence-corrected chi connectivity index (χ3v) is 7.06. The van der Waals surface area contributed by atoms with Crippen molar-refractivity contribution in [3.63, 3.8) is 0 Å². The molecule has 1 heterocycles. The molecule has 2 aromatic carbocycles. The number of anilines is 1. The van der Waals surface area contributed by atoms with E-state index in [0.29, 0.717) is 18.6 Å². The standard InChI is InChI=1S/C20H23ClN2O4S/c1-14-4-3-5-16(12-14)22-20(24)15-8-10-23(11-9-15)28(25,26)17-6-7-19(27-2)18(21)13-17/h3-7,12-13,15H,8-11H2,1-2H3,(H,22,24). The number of carbonyl (C=O) groups excluding carboxylic acids is 1. The predicted molar refractivity (Wildman–Crippen MR) is 109 cm³/mol. The highest BCUT2D eigenvalue weighted by Gasteiger charge is 2.32. The number of hydrogen-bond donors (Lipinski definition) is 1. The molecule has 0 atom stereocenters. The molecule has 1 saturated heterocycles. The van der Waals surface area contributed by atoms with Crippen molar-refractivity contribution in [3.8, 4) is 5.75 Å². The Balaban J connectivity index is 1.64. The molecule has 0 unspecified atom stereocenters. The lowest BCUT2D eigenvalue weighted by Gasteiger charge is -2.30. The molecule has 6 nitrogen and oxygen atoms in total. The second kappa shape index (κ2) is 8.51. The normalized spacial score (nSPS) is 16.0. The predicted octanol–water partition coefficient (Wildman–Crippen LogP) is 3.70. The summed E-state index contributed by atoms with van der Waals surface area (Å²) < 4.78 is 32.2. The highest BCUT2D eigenvalue weighted by atomic mass is 35.5. The van der Waals surface area contributed by atoms with E-state index in [1.54, 1.807) is 0 Å². The molecule has 0 radical (unpaired) electrons. The van der Waals surface area contributed by atoms with E-state index in [-0.39, 0.29) is 34.8 Å². The Morgan fingerprint density at radius 1 is 1.18 bits per heavy atom. The molecule has 2 aromatic rings. The van der Waals surface area contributed by atoms with E-state index in [0.717, 1.165) is 11.3 Å². The number of halogens is 1. The monoisotopic (exact) mass is 422 g/mol. The van der Waals surface area contributed by atoms with Crippen LogP contribution < -0.4 is 10.1 Å². The minimum absolute atomic E-state index is 0.0739. The zero-order valence-corrected chi connectivity index (χ0v) is 17.4. The molecule has 150 valence electrons. The van der Waals surface area contributed by atoms with E-state index in [1.165, 1.54) is 29.6 Å². The summed E-state index contributed by atoms with van der Waals surface area (Å²) in [6, 6.07) is 12.0. The second-order valence-corrected chi connectivity index (χ2v) is 9.18. The molecule has 1 fully saturated rings. The smallest absolute Gasteiger partial charge is 0.243 e. The van der Waals surface area contributed by atoms with Crippen LogP contribution in [-0.2, 0) is 14.8 Å². The number of rotatable bonds is 5. The molecule has 0 spiro atoms. The highest BCUT2D eigenvalue weighted by Crippen LogP contribution is 2.30. The van der Waals surface area contributed by atoms with Gasteiger partial charge >= 0.3 is 0 Å². The topological polar surface area (TPSA) is 75.7 Å². The molecule has 1 N–H and O–H groups in total. The SMILES string of the molecule is COc1ccc(S(=O)(=O)N2CCC(C(=O)Nc3cccc(C)c3)CC2)cc1Cl. The van der Waals surface area contributed by atoms with Crippen molar-refractivity contribution in [1.82, 2.24) is 4.31 Å². The molecular weight excluding hydrogens is 400 g/mol. The third-order valence-electron chi connectivity index (χ3n) is 4.87. The first kappa shape index (κ1) is 20.6. The van der Waals surface area contributed by atoms with Crippen LogP contribution in [0.3, 0.4) is 0 Å². The van der Waals surface area contributed by atoms with Gasteiger partial charge in [0.15, 0.2) is 0 Å². The summed E-state index contributed by atoms with van der Waals surface area (Å²) in [4.78, 5) is 12.6. The number of methoxy groups -OCH3 is 1. The summed E-state index contributed by atoms with van der Waals surface area (Å²) >= 11 is 6.07. The second-order valence-electron chi connectivity index (χ2n) is 6.83.